The van der Waals surface area contributed by atoms with Crippen LogP contribution in [0.1, 0.15) is 31.2 Å². The normalized spacial score (nSPS) is 18.1. The largest absolute Gasteiger partial charge is 0.235 e. The fourth-order valence-corrected chi connectivity index (χ4v) is 2.75. The van der Waals surface area contributed by atoms with Gasteiger partial charge >= 0.3 is 0 Å². The summed E-state index contributed by atoms with van der Waals surface area (Å²) in [7, 11) is 0. The highest BCUT2D eigenvalue weighted by Crippen LogP contribution is 2.45. The molecule has 0 spiro atoms. The highest BCUT2D eigenvalue weighted by molar-refractivity contribution is 6.31. The molecule has 0 atom stereocenters. The van der Waals surface area contributed by atoms with Gasteiger partial charge in [0.2, 0.25) is 6.08 Å². The summed E-state index contributed by atoms with van der Waals surface area (Å²) in [6, 6.07) is 4.52. The van der Waals surface area contributed by atoms with Crippen molar-refractivity contribution in [3.05, 3.63) is 34.6 Å². The van der Waals surface area contributed by atoms with E-state index in [4.69, 9.17) is 11.6 Å². The highest BCUT2D eigenvalue weighted by atomic mass is 35.5. The van der Waals surface area contributed by atoms with Crippen molar-refractivity contribution in [3.63, 3.8) is 0 Å². The molecule has 0 heterocycles. The van der Waals surface area contributed by atoms with Crippen LogP contribution in [0.4, 0.5) is 4.39 Å². The van der Waals surface area contributed by atoms with Crippen molar-refractivity contribution in [2.45, 2.75) is 31.2 Å². The van der Waals surface area contributed by atoms with Gasteiger partial charge in [-0.05, 0) is 25.0 Å². The van der Waals surface area contributed by atoms with Crippen LogP contribution in [0.15, 0.2) is 23.2 Å². The molecule has 0 aliphatic heterocycles. The Labute approximate surface area is 98.1 Å². The molecule has 2 rings (SSSR count). The van der Waals surface area contributed by atoms with Gasteiger partial charge in [-0.15, -0.1) is 0 Å². The zero-order chi connectivity index (χ0) is 11.6. The first-order chi connectivity index (χ1) is 7.69. The number of hydrogen-bond donors (Lipinski definition) is 0. The molecule has 4 heteroatoms. The van der Waals surface area contributed by atoms with Crippen LogP contribution >= 0.6 is 11.6 Å². The molecule has 0 unspecified atom stereocenters. The summed E-state index contributed by atoms with van der Waals surface area (Å²) in [4.78, 5) is 14.3. The zero-order valence-electron chi connectivity index (χ0n) is 8.67. The quantitative estimate of drug-likeness (QED) is 0.573. The maximum atomic E-state index is 13.8. The van der Waals surface area contributed by atoms with E-state index in [1.54, 1.807) is 18.2 Å². The van der Waals surface area contributed by atoms with Gasteiger partial charge in [0.25, 0.3) is 0 Å². The third-order valence-electron chi connectivity index (χ3n) is 3.12. The van der Waals surface area contributed by atoms with Gasteiger partial charge in [-0.25, -0.2) is 9.18 Å². The first-order valence-corrected chi connectivity index (χ1v) is 5.61. The smallest absolute Gasteiger partial charge is 0.211 e. The Morgan fingerprint density at radius 1 is 1.38 bits per heavy atom. The number of nitrogens with zero attached hydrogens (tertiary/aromatic N) is 1. The predicted molar refractivity (Wildman–Crippen MR) is 59.7 cm³/mol. The molecule has 2 nitrogen and oxygen atoms in total. The van der Waals surface area contributed by atoms with Crippen LogP contribution in [0.2, 0.25) is 5.02 Å². The maximum absolute atomic E-state index is 13.8. The van der Waals surface area contributed by atoms with E-state index in [-0.39, 0.29) is 0 Å². The summed E-state index contributed by atoms with van der Waals surface area (Å²) in [5.74, 6) is -0.395. The van der Waals surface area contributed by atoms with E-state index in [1.165, 1.54) is 6.07 Å². The Morgan fingerprint density at radius 2 is 2.06 bits per heavy atom. The van der Waals surface area contributed by atoms with Crippen molar-refractivity contribution in [1.29, 1.82) is 0 Å². The summed E-state index contributed by atoms with van der Waals surface area (Å²) in [6.07, 6.45) is 4.72. The Morgan fingerprint density at radius 3 is 2.62 bits per heavy atom. The number of carbonyl (C=O) groups excluding carboxylic acids is 1. The molecule has 0 saturated heterocycles. The third-order valence-corrected chi connectivity index (χ3v) is 3.43. The minimum absolute atomic E-state index is 0.334. The topological polar surface area (TPSA) is 29.4 Å². The van der Waals surface area contributed by atoms with E-state index >= 15 is 0 Å². The monoisotopic (exact) mass is 239 g/mol. The second-order valence-electron chi connectivity index (χ2n) is 4.04. The Bertz CT molecular complexity index is 428. The Balaban J connectivity index is 2.59. The van der Waals surface area contributed by atoms with Crippen molar-refractivity contribution in [2.75, 3.05) is 0 Å². The standard InChI is InChI=1S/C12H11ClFNO/c13-9-4-3-5-10(14)11(9)12(15-8-16)6-1-2-7-12/h3-5H,1-2,6-7H2. The van der Waals surface area contributed by atoms with Crippen LogP contribution in [0, 0.1) is 5.82 Å². The van der Waals surface area contributed by atoms with Gasteiger partial charge in [-0.2, -0.15) is 4.99 Å². The molecule has 1 saturated carbocycles. The molecule has 0 radical (unpaired) electrons. The molecule has 1 aliphatic carbocycles. The SMILES string of the molecule is O=C=NC1(c2c(F)cccc2Cl)CCCC1. The molecular weight excluding hydrogens is 229 g/mol. The lowest BCUT2D eigenvalue weighted by Gasteiger charge is -2.24. The number of hydrogen-bond acceptors (Lipinski definition) is 2. The van der Waals surface area contributed by atoms with Crippen molar-refractivity contribution in [1.82, 2.24) is 0 Å². The van der Waals surface area contributed by atoms with Crippen LogP contribution in [0.3, 0.4) is 0 Å². The number of rotatable bonds is 2. The minimum Gasteiger partial charge on any atom is -0.211 e. The third kappa shape index (κ3) is 1.77. The van der Waals surface area contributed by atoms with Crippen LogP contribution in [-0.4, -0.2) is 6.08 Å². The van der Waals surface area contributed by atoms with Crippen LogP contribution in [0.25, 0.3) is 0 Å². The number of isocyanates is 1. The molecular formula is C12H11ClFNO. The van der Waals surface area contributed by atoms with E-state index in [0.717, 1.165) is 12.8 Å². The van der Waals surface area contributed by atoms with Gasteiger partial charge in [0.15, 0.2) is 0 Å². The predicted octanol–water partition coefficient (Wildman–Crippen LogP) is 3.58. The lowest BCUT2D eigenvalue weighted by atomic mass is 9.88. The molecule has 84 valence electrons. The molecule has 0 amide bonds. The average molecular weight is 240 g/mol. The second-order valence-corrected chi connectivity index (χ2v) is 4.45. The van der Waals surface area contributed by atoms with E-state index < -0.39 is 11.4 Å². The van der Waals surface area contributed by atoms with Crippen molar-refractivity contribution >= 4 is 17.7 Å². The number of halogens is 2. The summed E-state index contributed by atoms with van der Waals surface area (Å²) >= 11 is 6.01. The molecule has 1 aliphatic rings. The average Bonchev–Trinajstić information content (AvgIpc) is 2.67. The maximum Gasteiger partial charge on any atom is 0.235 e. The van der Waals surface area contributed by atoms with Crippen LogP contribution < -0.4 is 0 Å². The lowest BCUT2D eigenvalue weighted by molar-refractivity contribution is 0.431. The number of benzene rings is 1. The summed E-state index contributed by atoms with van der Waals surface area (Å²) < 4.78 is 13.8. The van der Waals surface area contributed by atoms with E-state index in [2.05, 4.69) is 4.99 Å². The van der Waals surface area contributed by atoms with Crippen molar-refractivity contribution in [3.8, 4) is 0 Å². The van der Waals surface area contributed by atoms with Gasteiger partial charge in [-0.3, -0.25) is 0 Å². The zero-order valence-corrected chi connectivity index (χ0v) is 9.43. The highest BCUT2D eigenvalue weighted by Gasteiger charge is 2.39. The van der Waals surface area contributed by atoms with Gasteiger partial charge in [0, 0.05) is 10.6 Å². The van der Waals surface area contributed by atoms with Crippen LogP contribution in [0.5, 0.6) is 0 Å². The molecule has 1 aromatic carbocycles. The minimum atomic E-state index is -0.788. The van der Waals surface area contributed by atoms with E-state index in [1.807, 2.05) is 0 Å². The Kier molecular flexibility index (Phi) is 3.08. The molecule has 1 fully saturated rings. The van der Waals surface area contributed by atoms with Crippen LogP contribution in [-0.2, 0) is 10.3 Å². The molecule has 0 N–H and O–H groups in total. The molecule has 0 bridgehead atoms. The molecule has 0 aromatic heterocycles. The van der Waals surface area contributed by atoms with E-state index in [0.29, 0.717) is 23.4 Å². The molecule has 1 aromatic rings. The fourth-order valence-electron chi connectivity index (χ4n) is 2.41. The fraction of sp³-hybridized carbons (Fsp3) is 0.417. The van der Waals surface area contributed by atoms with Crippen molar-refractivity contribution < 1.29 is 9.18 Å². The summed E-state index contributed by atoms with van der Waals surface area (Å²) in [5, 5.41) is 0.334. The molecule has 16 heavy (non-hydrogen) atoms. The first kappa shape index (κ1) is 11.3. The van der Waals surface area contributed by atoms with E-state index in [9.17, 15) is 9.18 Å². The Hall–Kier alpha value is -1.18. The summed E-state index contributed by atoms with van der Waals surface area (Å²) in [6.45, 7) is 0. The van der Waals surface area contributed by atoms with Gasteiger partial charge < -0.3 is 0 Å². The summed E-state index contributed by atoms with van der Waals surface area (Å²) in [5.41, 5.74) is -0.443. The van der Waals surface area contributed by atoms with Gasteiger partial charge in [-0.1, -0.05) is 30.5 Å². The van der Waals surface area contributed by atoms with Gasteiger partial charge in [0.05, 0.1) is 0 Å². The van der Waals surface area contributed by atoms with Crippen molar-refractivity contribution in [2.24, 2.45) is 4.99 Å². The number of aliphatic imine (C=N–C) groups is 1. The first-order valence-electron chi connectivity index (χ1n) is 5.23. The van der Waals surface area contributed by atoms with Gasteiger partial charge in [0.1, 0.15) is 11.4 Å². The second kappa shape index (κ2) is 4.36. The lowest BCUT2D eigenvalue weighted by Crippen LogP contribution is -2.21.